The number of anilines is 1. The lowest BCUT2D eigenvalue weighted by atomic mass is 10.3. The van der Waals surface area contributed by atoms with Gasteiger partial charge in [-0.1, -0.05) is 18.2 Å². The van der Waals surface area contributed by atoms with Crippen LogP contribution in [0.4, 0.5) is 5.82 Å². The van der Waals surface area contributed by atoms with Crippen LogP contribution in [0, 0.1) is 10.7 Å². The van der Waals surface area contributed by atoms with E-state index in [4.69, 9.17) is 11.0 Å². The summed E-state index contributed by atoms with van der Waals surface area (Å²) >= 11 is 1.01. The van der Waals surface area contributed by atoms with E-state index in [2.05, 4.69) is 5.10 Å². The summed E-state index contributed by atoms with van der Waals surface area (Å²) in [4.78, 5) is 0.682. The normalized spacial score (nSPS) is 9.80. The molecule has 0 saturated carbocycles. The molecule has 0 fully saturated rings. The van der Waals surface area contributed by atoms with Crippen LogP contribution >= 0.6 is 11.8 Å². The molecular formula is C10H8N4S. The molecule has 0 atom stereocenters. The summed E-state index contributed by atoms with van der Waals surface area (Å²) in [6.45, 7) is 0. The van der Waals surface area contributed by atoms with Crippen LogP contribution in [0.3, 0.4) is 0 Å². The Morgan fingerprint density at radius 2 is 2.07 bits per heavy atom. The van der Waals surface area contributed by atoms with Crippen LogP contribution < -0.4 is 5.73 Å². The van der Waals surface area contributed by atoms with Crippen LogP contribution in [0.2, 0.25) is 0 Å². The van der Waals surface area contributed by atoms with Crippen molar-refractivity contribution < 1.29 is 0 Å². The average molecular weight is 216 g/mol. The summed E-state index contributed by atoms with van der Waals surface area (Å²) in [5, 5.41) is 14.6. The van der Waals surface area contributed by atoms with Crippen LogP contribution in [-0.4, -0.2) is 9.78 Å². The standard InChI is InChI=1S/C10H8N4S/c11-7-15-9-6-13-14(10(9)12)8-4-2-1-3-5-8/h1-6H,12H2. The minimum absolute atomic E-state index is 0.493. The number of thiocyanates is 1. The van der Waals surface area contributed by atoms with Gasteiger partial charge >= 0.3 is 0 Å². The number of nitriles is 1. The van der Waals surface area contributed by atoms with Gasteiger partial charge in [0.1, 0.15) is 11.2 Å². The number of aromatic nitrogens is 2. The minimum Gasteiger partial charge on any atom is -0.383 e. The molecule has 2 N–H and O–H groups in total. The highest BCUT2D eigenvalue weighted by atomic mass is 32.2. The molecule has 1 heterocycles. The molecule has 0 saturated heterocycles. The van der Waals surface area contributed by atoms with Crippen molar-refractivity contribution in [2.75, 3.05) is 5.73 Å². The molecule has 15 heavy (non-hydrogen) atoms. The van der Waals surface area contributed by atoms with Crippen molar-refractivity contribution in [3.8, 4) is 11.1 Å². The SMILES string of the molecule is N#CSc1cnn(-c2ccccc2)c1N. The molecule has 5 heteroatoms. The fourth-order valence-corrected chi connectivity index (χ4v) is 1.63. The molecule has 0 amide bonds. The lowest BCUT2D eigenvalue weighted by Gasteiger charge is -2.02. The molecule has 1 aromatic heterocycles. The summed E-state index contributed by atoms with van der Waals surface area (Å²) in [6.07, 6.45) is 1.59. The van der Waals surface area contributed by atoms with E-state index in [1.165, 1.54) is 0 Å². The quantitative estimate of drug-likeness (QED) is 0.616. The Hall–Kier alpha value is -1.93. The maximum Gasteiger partial charge on any atom is 0.142 e. The van der Waals surface area contributed by atoms with Crippen LogP contribution in [-0.2, 0) is 0 Å². The van der Waals surface area contributed by atoms with Crippen molar-refractivity contribution in [3.05, 3.63) is 36.5 Å². The van der Waals surface area contributed by atoms with E-state index in [9.17, 15) is 0 Å². The van der Waals surface area contributed by atoms with Gasteiger partial charge in [-0.2, -0.15) is 10.4 Å². The minimum atomic E-state index is 0.493. The van der Waals surface area contributed by atoms with E-state index >= 15 is 0 Å². The van der Waals surface area contributed by atoms with Crippen molar-refractivity contribution >= 4 is 17.6 Å². The summed E-state index contributed by atoms with van der Waals surface area (Å²) in [5.74, 6) is 0.493. The average Bonchev–Trinajstić information content (AvgIpc) is 2.63. The Labute approximate surface area is 91.3 Å². The zero-order valence-electron chi connectivity index (χ0n) is 7.79. The van der Waals surface area contributed by atoms with Gasteiger partial charge in [0, 0.05) is 0 Å². The number of hydrogen-bond donors (Lipinski definition) is 1. The van der Waals surface area contributed by atoms with Gasteiger partial charge in [0.2, 0.25) is 0 Å². The number of hydrogen-bond acceptors (Lipinski definition) is 4. The van der Waals surface area contributed by atoms with E-state index in [1.54, 1.807) is 10.9 Å². The first-order valence-electron chi connectivity index (χ1n) is 4.28. The second-order valence-corrected chi connectivity index (χ2v) is 3.66. The third-order valence-corrected chi connectivity index (χ3v) is 2.55. The molecule has 2 aromatic rings. The topological polar surface area (TPSA) is 67.6 Å². The largest absolute Gasteiger partial charge is 0.383 e. The third kappa shape index (κ3) is 1.80. The molecule has 4 nitrogen and oxygen atoms in total. The van der Waals surface area contributed by atoms with Gasteiger partial charge in [0.15, 0.2) is 0 Å². The predicted molar refractivity (Wildman–Crippen MR) is 59.4 cm³/mol. The second kappa shape index (κ2) is 4.07. The molecule has 0 unspecified atom stereocenters. The number of para-hydroxylation sites is 1. The third-order valence-electron chi connectivity index (χ3n) is 1.93. The first kappa shape index (κ1) is 9.62. The lowest BCUT2D eigenvalue weighted by Crippen LogP contribution is -2.01. The van der Waals surface area contributed by atoms with E-state index in [0.29, 0.717) is 10.7 Å². The Morgan fingerprint density at radius 3 is 2.73 bits per heavy atom. The van der Waals surface area contributed by atoms with Gasteiger partial charge in [-0.3, -0.25) is 0 Å². The van der Waals surface area contributed by atoms with Crippen molar-refractivity contribution in [2.24, 2.45) is 0 Å². The van der Waals surface area contributed by atoms with Gasteiger partial charge in [-0.05, 0) is 23.9 Å². The zero-order valence-corrected chi connectivity index (χ0v) is 8.61. The predicted octanol–water partition coefficient (Wildman–Crippen LogP) is 2.03. The summed E-state index contributed by atoms with van der Waals surface area (Å²) in [5.41, 5.74) is 6.74. The number of nitrogen functional groups attached to an aromatic ring is 1. The number of rotatable bonds is 2. The fourth-order valence-electron chi connectivity index (χ4n) is 1.25. The fraction of sp³-hybridized carbons (Fsp3) is 0. The maximum atomic E-state index is 8.54. The highest BCUT2D eigenvalue weighted by Crippen LogP contribution is 2.25. The Morgan fingerprint density at radius 1 is 1.33 bits per heavy atom. The van der Waals surface area contributed by atoms with Gasteiger partial charge in [-0.15, -0.1) is 0 Å². The number of nitrogens with two attached hydrogens (primary N) is 1. The van der Waals surface area contributed by atoms with Crippen LogP contribution in [0.15, 0.2) is 41.4 Å². The van der Waals surface area contributed by atoms with Gasteiger partial charge in [0.05, 0.1) is 16.8 Å². The Kier molecular flexibility index (Phi) is 2.61. The molecule has 0 bridgehead atoms. The first-order chi connectivity index (χ1) is 7.33. The smallest absolute Gasteiger partial charge is 0.142 e. The summed E-state index contributed by atoms with van der Waals surface area (Å²) in [6, 6.07) is 9.56. The number of benzene rings is 1. The number of nitrogens with zero attached hydrogens (tertiary/aromatic N) is 3. The molecule has 0 radical (unpaired) electrons. The summed E-state index contributed by atoms with van der Waals surface area (Å²) < 4.78 is 1.61. The van der Waals surface area contributed by atoms with Gasteiger partial charge in [0.25, 0.3) is 0 Å². The van der Waals surface area contributed by atoms with Crippen molar-refractivity contribution in [2.45, 2.75) is 4.90 Å². The highest BCUT2D eigenvalue weighted by Gasteiger charge is 2.08. The monoisotopic (exact) mass is 216 g/mol. The highest BCUT2D eigenvalue weighted by molar-refractivity contribution is 8.03. The van der Waals surface area contributed by atoms with E-state index in [-0.39, 0.29) is 0 Å². The van der Waals surface area contributed by atoms with Crippen LogP contribution in [0.1, 0.15) is 0 Å². The summed E-state index contributed by atoms with van der Waals surface area (Å²) in [7, 11) is 0. The first-order valence-corrected chi connectivity index (χ1v) is 5.09. The van der Waals surface area contributed by atoms with Crippen LogP contribution in [0.5, 0.6) is 0 Å². The second-order valence-electron chi connectivity index (χ2n) is 2.83. The Balaban J connectivity index is 2.43. The molecule has 1 aromatic carbocycles. The molecule has 0 aliphatic carbocycles. The Bertz CT molecular complexity index is 498. The molecule has 0 aliphatic rings. The van der Waals surface area contributed by atoms with Crippen molar-refractivity contribution in [1.29, 1.82) is 5.26 Å². The lowest BCUT2D eigenvalue weighted by molar-refractivity contribution is 0.891. The molecule has 2 rings (SSSR count). The van der Waals surface area contributed by atoms with E-state index < -0.39 is 0 Å². The molecule has 0 aliphatic heterocycles. The molecular weight excluding hydrogens is 208 g/mol. The number of thioether (sulfide) groups is 1. The maximum absolute atomic E-state index is 8.54. The van der Waals surface area contributed by atoms with E-state index in [1.807, 2.05) is 35.7 Å². The van der Waals surface area contributed by atoms with Crippen molar-refractivity contribution in [1.82, 2.24) is 9.78 Å². The van der Waals surface area contributed by atoms with E-state index in [0.717, 1.165) is 17.4 Å². The molecule has 74 valence electrons. The molecule has 0 spiro atoms. The van der Waals surface area contributed by atoms with Gasteiger partial charge < -0.3 is 5.73 Å². The van der Waals surface area contributed by atoms with Crippen molar-refractivity contribution in [3.63, 3.8) is 0 Å². The van der Waals surface area contributed by atoms with Crippen LogP contribution in [0.25, 0.3) is 5.69 Å². The zero-order chi connectivity index (χ0) is 10.7. The van der Waals surface area contributed by atoms with Gasteiger partial charge in [-0.25, -0.2) is 4.68 Å².